The smallest absolute Gasteiger partial charge is 0.253 e. The van der Waals surface area contributed by atoms with E-state index in [0.717, 1.165) is 12.8 Å². The molecule has 3 rings (SSSR count). The van der Waals surface area contributed by atoms with Gasteiger partial charge in [-0.05, 0) is 25.0 Å². The topological polar surface area (TPSA) is 79.1 Å². The lowest BCUT2D eigenvalue weighted by Gasteiger charge is -2.32. The molecule has 0 bridgehead atoms. The summed E-state index contributed by atoms with van der Waals surface area (Å²) in [7, 11) is 0. The molecule has 0 radical (unpaired) electrons. The van der Waals surface area contributed by atoms with Crippen LogP contribution >= 0.6 is 0 Å². The molecule has 0 aliphatic carbocycles. The number of aromatic nitrogens is 2. The van der Waals surface area contributed by atoms with Gasteiger partial charge < -0.3 is 9.64 Å². The first-order valence-electron chi connectivity index (χ1n) is 7.50. The molecule has 0 saturated carbocycles. The summed E-state index contributed by atoms with van der Waals surface area (Å²) < 4.78 is 5.80. The predicted molar refractivity (Wildman–Crippen MR) is 82.7 cm³/mol. The normalized spacial score (nSPS) is 17.3. The summed E-state index contributed by atoms with van der Waals surface area (Å²) in [6.45, 7) is 1.19. The van der Waals surface area contributed by atoms with Crippen LogP contribution in [0.4, 0.5) is 0 Å². The van der Waals surface area contributed by atoms with Crippen LogP contribution in [0.3, 0.4) is 0 Å². The molecule has 1 aromatic carbocycles. The van der Waals surface area contributed by atoms with Crippen molar-refractivity contribution in [1.29, 1.82) is 5.26 Å². The van der Waals surface area contributed by atoms with Gasteiger partial charge in [0.15, 0.2) is 0 Å². The van der Waals surface area contributed by atoms with Gasteiger partial charge in [0.1, 0.15) is 12.2 Å². The van der Waals surface area contributed by atoms with Gasteiger partial charge in [-0.25, -0.2) is 9.97 Å². The molecule has 0 N–H and O–H groups in total. The number of carbonyl (C=O) groups is 1. The van der Waals surface area contributed by atoms with Gasteiger partial charge in [-0.15, -0.1) is 0 Å². The van der Waals surface area contributed by atoms with E-state index in [-0.39, 0.29) is 23.6 Å². The van der Waals surface area contributed by atoms with Crippen molar-refractivity contribution in [2.45, 2.75) is 18.9 Å². The molecule has 1 fully saturated rings. The van der Waals surface area contributed by atoms with Gasteiger partial charge in [-0.3, -0.25) is 4.79 Å². The molecule has 6 heteroatoms. The minimum atomic E-state index is -0.180. The maximum absolute atomic E-state index is 12.5. The second kappa shape index (κ2) is 6.88. The standard InChI is InChI=1S/C17H16N4O2/c18-11-15-16(20-9-8-19-15)23-14-7-4-10-21(12-14)17(22)13-5-2-1-3-6-13/h1-3,5-6,8-9,14H,4,7,10,12H2/t14-/m1/s1. The Kier molecular flexibility index (Phi) is 4.48. The zero-order valence-corrected chi connectivity index (χ0v) is 12.6. The summed E-state index contributed by atoms with van der Waals surface area (Å²) in [4.78, 5) is 22.3. The molecular formula is C17H16N4O2. The van der Waals surface area contributed by atoms with Gasteiger partial charge in [-0.2, -0.15) is 5.26 Å². The Labute approximate surface area is 134 Å². The highest BCUT2D eigenvalue weighted by atomic mass is 16.5. The summed E-state index contributed by atoms with van der Waals surface area (Å²) in [5, 5.41) is 9.04. The molecule has 1 atom stereocenters. The number of nitriles is 1. The van der Waals surface area contributed by atoms with E-state index in [4.69, 9.17) is 10.00 Å². The Morgan fingerprint density at radius 2 is 2.04 bits per heavy atom. The molecule has 0 unspecified atom stereocenters. The maximum Gasteiger partial charge on any atom is 0.253 e. The van der Waals surface area contributed by atoms with Crippen LogP contribution in [0, 0.1) is 11.3 Å². The van der Waals surface area contributed by atoms with Crippen molar-refractivity contribution in [1.82, 2.24) is 14.9 Å². The Hall–Kier alpha value is -2.94. The number of carbonyl (C=O) groups excluding carboxylic acids is 1. The van der Waals surface area contributed by atoms with Crippen molar-refractivity contribution >= 4 is 5.91 Å². The van der Waals surface area contributed by atoms with E-state index < -0.39 is 0 Å². The summed E-state index contributed by atoms with van der Waals surface area (Å²) in [6.07, 6.45) is 4.44. The first-order chi connectivity index (χ1) is 11.3. The average Bonchev–Trinajstić information content (AvgIpc) is 2.62. The molecule has 1 saturated heterocycles. The van der Waals surface area contributed by atoms with Crippen LogP contribution in [0.15, 0.2) is 42.7 Å². The van der Waals surface area contributed by atoms with Crippen molar-refractivity contribution in [2.24, 2.45) is 0 Å². The van der Waals surface area contributed by atoms with Crippen molar-refractivity contribution in [3.05, 3.63) is 54.0 Å². The molecular weight excluding hydrogens is 292 g/mol. The predicted octanol–water partition coefficient (Wildman–Crippen LogP) is 2.03. The van der Waals surface area contributed by atoms with E-state index in [2.05, 4.69) is 9.97 Å². The highest BCUT2D eigenvalue weighted by Crippen LogP contribution is 2.19. The number of nitrogens with zero attached hydrogens (tertiary/aromatic N) is 4. The van der Waals surface area contributed by atoms with Gasteiger partial charge in [0.25, 0.3) is 11.8 Å². The number of benzene rings is 1. The number of amides is 1. The molecule has 1 aliphatic heterocycles. The van der Waals surface area contributed by atoms with Crippen LogP contribution in [0.2, 0.25) is 0 Å². The summed E-state index contributed by atoms with van der Waals surface area (Å²) in [5.74, 6) is 0.229. The van der Waals surface area contributed by atoms with Crippen LogP contribution in [0.25, 0.3) is 0 Å². The second-order valence-electron chi connectivity index (χ2n) is 5.32. The molecule has 0 spiro atoms. The van der Waals surface area contributed by atoms with E-state index in [1.807, 2.05) is 36.4 Å². The molecule has 2 heterocycles. The van der Waals surface area contributed by atoms with Crippen LogP contribution in [0.5, 0.6) is 5.88 Å². The molecule has 1 aliphatic rings. The molecule has 6 nitrogen and oxygen atoms in total. The fourth-order valence-electron chi connectivity index (χ4n) is 2.63. The molecule has 1 aromatic heterocycles. The third-order valence-electron chi connectivity index (χ3n) is 3.73. The van der Waals surface area contributed by atoms with E-state index >= 15 is 0 Å². The minimum absolute atomic E-state index is 0.00134. The van der Waals surface area contributed by atoms with Gasteiger partial charge in [-0.1, -0.05) is 18.2 Å². The first kappa shape index (κ1) is 15.0. The summed E-state index contributed by atoms with van der Waals surface area (Å²) in [5.41, 5.74) is 0.837. The SMILES string of the molecule is N#Cc1nccnc1O[C@@H]1CCCN(C(=O)c2ccccc2)C1. The van der Waals surface area contributed by atoms with Crippen molar-refractivity contribution < 1.29 is 9.53 Å². The van der Waals surface area contributed by atoms with Crippen molar-refractivity contribution in [3.63, 3.8) is 0 Å². The zero-order chi connectivity index (χ0) is 16.1. The third-order valence-corrected chi connectivity index (χ3v) is 3.73. The van der Waals surface area contributed by atoms with Gasteiger partial charge in [0.05, 0.1) is 6.54 Å². The maximum atomic E-state index is 12.5. The van der Waals surface area contributed by atoms with Crippen LogP contribution in [0.1, 0.15) is 28.9 Å². The van der Waals surface area contributed by atoms with E-state index in [0.29, 0.717) is 18.7 Å². The Balaban J connectivity index is 1.69. The fourth-order valence-corrected chi connectivity index (χ4v) is 2.63. The number of ether oxygens (including phenoxy) is 1. The lowest BCUT2D eigenvalue weighted by Crippen LogP contribution is -2.44. The fraction of sp³-hybridized carbons (Fsp3) is 0.294. The van der Waals surface area contributed by atoms with Gasteiger partial charge in [0, 0.05) is 24.5 Å². The summed E-state index contributed by atoms with van der Waals surface area (Å²) >= 11 is 0. The van der Waals surface area contributed by atoms with Crippen LogP contribution in [-0.4, -0.2) is 40.0 Å². The van der Waals surface area contributed by atoms with Gasteiger partial charge >= 0.3 is 0 Å². The molecule has 2 aromatic rings. The van der Waals surface area contributed by atoms with Crippen LogP contribution < -0.4 is 4.74 Å². The molecule has 1 amide bonds. The van der Waals surface area contributed by atoms with E-state index in [1.165, 1.54) is 12.4 Å². The van der Waals surface area contributed by atoms with Crippen molar-refractivity contribution in [2.75, 3.05) is 13.1 Å². The van der Waals surface area contributed by atoms with Crippen LogP contribution in [-0.2, 0) is 0 Å². The number of rotatable bonds is 3. The zero-order valence-electron chi connectivity index (χ0n) is 12.6. The highest BCUT2D eigenvalue weighted by molar-refractivity contribution is 5.94. The number of likely N-dealkylation sites (tertiary alicyclic amines) is 1. The Bertz CT molecular complexity index is 727. The number of hydrogen-bond donors (Lipinski definition) is 0. The average molecular weight is 308 g/mol. The lowest BCUT2D eigenvalue weighted by molar-refractivity contribution is 0.0526. The Morgan fingerprint density at radius 1 is 1.26 bits per heavy atom. The first-order valence-corrected chi connectivity index (χ1v) is 7.50. The minimum Gasteiger partial charge on any atom is -0.470 e. The van der Waals surface area contributed by atoms with Crippen molar-refractivity contribution in [3.8, 4) is 11.9 Å². The van der Waals surface area contributed by atoms with E-state index in [1.54, 1.807) is 4.90 Å². The highest BCUT2D eigenvalue weighted by Gasteiger charge is 2.26. The molecule has 116 valence electrons. The van der Waals surface area contributed by atoms with Gasteiger partial charge in [0.2, 0.25) is 5.69 Å². The van der Waals surface area contributed by atoms with E-state index in [9.17, 15) is 4.79 Å². The monoisotopic (exact) mass is 308 g/mol. The Morgan fingerprint density at radius 3 is 2.83 bits per heavy atom. The quantitative estimate of drug-likeness (QED) is 0.867. The third kappa shape index (κ3) is 3.46. The molecule has 23 heavy (non-hydrogen) atoms. The number of piperidine rings is 1. The summed E-state index contributed by atoms with van der Waals surface area (Å²) in [6, 6.07) is 11.2. The lowest BCUT2D eigenvalue weighted by atomic mass is 10.1. The second-order valence-corrected chi connectivity index (χ2v) is 5.32. The largest absolute Gasteiger partial charge is 0.470 e. The number of hydrogen-bond acceptors (Lipinski definition) is 5.